The van der Waals surface area contributed by atoms with Gasteiger partial charge < -0.3 is 16.2 Å². The maximum Gasteiger partial charge on any atom is 0.355 e. The van der Waals surface area contributed by atoms with Crippen LogP contribution in [0.1, 0.15) is 22.3 Å². The largest absolute Gasteiger partial charge is 0.476 e. The fourth-order valence-corrected chi connectivity index (χ4v) is 1.81. The Balaban J connectivity index is 2.84. The SMILES string of the molecule is Cc1sc(NC(C)C(N)=O)nc1C(=O)O. The fraction of sp³-hybridized carbons (Fsp3) is 0.375. The maximum atomic E-state index is 10.7. The first-order chi connectivity index (χ1) is 6.91. The van der Waals surface area contributed by atoms with Crippen molar-refractivity contribution in [2.45, 2.75) is 19.9 Å². The van der Waals surface area contributed by atoms with Gasteiger partial charge in [0.15, 0.2) is 10.8 Å². The molecule has 0 fully saturated rings. The van der Waals surface area contributed by atoms with Gasteiger partial charge in [0.05, 0.1) is 0 Å². The Hall–Kier alpha value is -1.63. The lowest BCUT2D eigenvalue weighted by molar-refractivity contribution is -0.118. The second kappa shape index (κ2) is 4.26. The molecule has 82 valence electrons. The number of nitrogens with zero attached hydrogens (tertiary/aromatic N) is 1. The van der Waals surface area contributed by atoms with Crippen LogP contribution in [0.5, 0.6) is 0 Å². The summed E-state index contributed by atoms with van der Waals surface area (Å²) in [5.41, 5.74) is 5.05. The molecule has 1 unspecified atom stereocenters. The van der Waals surface area contributed by atoms with E-state index in [0.717, 1.165) is 0 Å². The highest BCUT2D eigenvalue weighted by Crippen LogP contribution is 2.22. The number of hydrogen-bond acceptors (Lipinski definition) is 5. The van der Waals surface area contributed by atoms with Gasteiger partial charge in [0, 0.05) is 4.88 Å². The van der Waals surface area contributed by atoms with E-state index in [1.807, 2.05) is 0 Å². The third kappa shape index (κ3) is 2.66. The highest BCUT2D eigenvalue weighted by Gasteiger charge is 2.16. The van der Waals surface area contributed by atoms with Crippen LogP contribution in [0.15, 0.2) is 0 Å². The van der Waals surface area contributed by atoms with Gasteiger partial charge in [-0.05, 0) is 13.8 Å². The summed E-state index contributed by atoms with van der Waals surface area (Å²) in [5.74, 6) is -1.59. The van der Waals surface area contributed by atoms with Gasteiger partial charge in [-0.15, -0.1) is 11.3 Å². The lowest BCUT2D eigenvalue weighted by Crippen LogP contribution is -2.32. The number of nitrogens with two attached hydrogens (primary N) is 1. The highest BCUT2D eigenvalue weighted by molar-refractivity contribution is 7.15. The zero-order valence-corrected chi connectivity index (χ0v) is 9.09. The van der Waals surface area contributed by atoms with Crippen molar-refractivity contribution in [2.24, 2.45) is 5.73 Å². The van der Waals surface area contributed by atoms with Crippen molar-refractivity contribution in [1.29, 1.82) is 0 Å². The quantitative estimate of drug-likeness (QED) is 0.694. The summed E-state index contributed by atoms with van der Waals surface area (Å²) in [5, 5.41) is 11.9. The first-order valence-corrected chi connectivity index (χ1v) is 5.00. The van der Waals surface area contributed by atoms with Gasteiger partial charge in [-0.3, -0.25) is 4.79 Å². The molecule has 0 saturated carbocycles. The summed E-state index contributed by atoms with van der Waals surface area (Å²) in [6.45, 7) is 3.24. The molecule has 0 saturated heterocycles. The standard InChI is InChI=1S/C8H11N3O3S/c1-3(6(9)12)10-8-11-5(7(13)14)4(2)15-8/h3H,1-2H3,(H2,9,12)(H,10,11)(H,13,14). The molecule has 1 atom stereocenters. The number of carbonyl (C=O) groups excluding carboxylic acids is 1. The molecule has 1 rings (SSSR count). The number of amides is 1. The number of aromatic carboxylic acids is 1. The van der Waals surface area contributed by atoms with Crippen molar-refractivity contribution in [1.82, 2.24) is 4.98 Å². The van der Waals surface area contributed by atoms with Gasteiger partial charge in [-0.25, -0.2) is 9.78 Å². The fourth-order valence-electron chi connectivity index (χ4n) is 0.913. The molecule has 0 aliphatic rings. The number of hydrogen-bond donors (Lipinski definition) is 3. The molecule has 1 aromatic rings. The normalized spacial score (nSPS) is 12.1. The number of nitrogens with one attached hydrogen (secondary N) is 1. The number of aromatic nitrogens is 1. The Labute approximate surface area is 90.1 Å². The number of rotatable bonds is 4. The molecule has 6 nitrogen and oxygen atoms in total. The number of carboxylic acids is 1. The summed E-state index contributed by atoms with van der Waals surface area (Å²) in [7, 11) is 0. The highest BCUT2D eigenvalue weighted by atomic mass is 32.1. The third-order valence-corrected chi connectivity index (χ3v) is 2.67. The van der Waals surface area contributed by atoms with Crippen LogP contribution in [-0.4, -0.2) is 28.0 Å². The molecule has 1 aromatic heterocycles. The number of primary amides is 1. The third-order valence-electron chi connectivity index (χ3n) is 1.77. The van der Waals surface area contributed by atoms with Crippen molar-refractivity contribution in [3.8, 4) is 0 Å². The molecule has 7 heteroatoms. The first-order valence-electron chi connectivity index (χ1n) is 4.18. The van der Waals surface area contributed by atoms with E-state index in [4.69, 9.17) is 10.8 Å². The minimum atomic E-state index is -1.08. The number of thiazole rings is 1. The number of carboxylic acid groups (broad SMARTS) is 1. The van der Waals surface area contributed by atoms with Crippen LogP contribution < -0.4 is 11.1 Å². The zero-order chi connectivity index (χ0) is 11.6. The van der Waals surface area contributed by atoms with E-state index < -0.39 is 17.9 Å². The van der Waals surface area contributed by atoms with Gasteiger partial charge >= 0.3 is 5.97 Å². The molecular formula is C8H11N3O3S. The zero-order valence-electron chi connectivity index (χ0n) is 8.27. The predicted octanol–water partition coefficient (Wildman–Crippen LogP) is 0.435. The van der Waals surface area contributed by atoms with E-state index in [0.29, 0.717) is 10.0 Å². The first kappa shape index (κ1) is 11.4. The summed E-state index contributed by atoms with van der Waals surface area (Å²) in [4.78, 5) is 25.8. The second-order valence-electron chi connectivity index (χ2n) is 3.00. The van der Waals surface area contributed by atoms with Gasteiger partial charge in [-0.2, -0.15) is 0 Å². The lowest BCUT2D eigenvalue weighted by Gasteiger charge is -2.07. The van der Waals surface area contributed by atoms with Crippen LogP contribution in [0.2, 0.25) is 0 Å². The average molecular weight is 229 g/mol. The second-order valence-corrected chi connectivity index (χ2v) is 4.20. The molecule has 0 aliphatic heterocycles. The monoisotopic (exact) mass is 229 g/mol. The molecular weight excluding hydrogens is 218 g/mol. The Morgan fingerprint density at radius 2 is 2.20 bits per heavy atom. The van der Waals surface area contributed by atoms with E-state index in [1.54, 1.807) is 13.8 Å². The molecule has 0 bridgehead atoms. The number of anilines is 1. The summed E-state index contributed by atoms with van der Waals surface area (Å²) < 4.78 is 0. The minimum absolute atomic E-state index is 0.000768. The number of carbonyl (C=O) groups is 2. The predicted molar refractivity (Wildman–Crippen MR) is 56.1 cm³/mol. The van der Waals surface area contributed by atoms with Crippen molar-refractivity contribution in [2.75, 3.05) is 5.32 Å². The average Bonchev–Trinajstić information content (AvgIpc) is 2.46. The van der Waals surface area contributed by atoms with Crippen molar-refractivity contribution in [3.63, 3.8) is 0 Å². The molecule has 15 heavy (non-hydrogen) atoms. The van der Waals surface area contributed by atoms with Crippen molar-refractivity contribution in [3.05, 3.63) is 10.6 Å². The van der Waals surface area contributed by atoms with E-state index in [2.05, 4.69) is 10.3 Å². The van der Waals surface area contributed by atoms with Gasteiger partial charge in [0.2, 0.25) is 5.91 Å². The molecule has 0 spiro atoms. The topological polar surface area (TPSA) is 105 Å². The molecule has 0 aliphatic carbocycles. The van der Waals surface area contributed by atoms with E-state index in [-0.39, 0.29) is 5.69 Å². The van der Waals surface area contributed by atoms with E-state index in [1.165, 1.54) is 11.3 Å². The van der Waals surface area contributed by atoms with Crippen LogP contribution in [0.4, 0.5) is 5.13 Å². The summed E-state index contributed by atoms with van der Waals surface area (Å²) in [6.07, 6.45) is 0. The maximum absolute atomic E-state index is 10.7. The van der Waals surface area contributed by atoms with Crippen LogP contribution >= 0.6 is 11.3 Å². The molecule has 1 amide bonds. The lowest BCUT2D eigenvalue weighted by atomic mass is 10.3. The number of aryl methyl sites for hydroxylation is 1. The Bertz CT molecular complexity index is 402. The minimum Gasteiger partial charge on any atom is -0.476 e. The van der Waals surface area contributed by atoms with Gasteiger partial charge in [0.25, 0.3) is 0 Å². The Morgan fingerprint density at radius 3 is 2.60 bits per heavy atom. The van der Waals surface area contributed by atoms with E-state index in [9.17, 15) is 9.59 Å². The van der Waals surface area contributed by atoms with Crippen LogP contribution in [-0.2, 0) is 4.79 Å². The van der Waals surface area contributed by atoms with Crippen LogP contribution in [0.3, 0.4) is 0 Å². The molecule has 1 heterocycles. The van der Waals surface area contributed by atoms with Gasteiger partial charge in [-0.1, -0.05) is 0 Å². The Kier molecular flexibility index (Phi) is 3.25. The van der Waals surface area contributed by atoms with Crippen molar-refractivity contribution >= 4 is 28.3 Å². The molecule has 0 aromatic carbocycles. The van der Waals surface area contributed by atoms with E-state index >= 15 is 0 Å². The summed E-state index contributed by atoms with van der Waals surface area (Å²) >= 11 is 1.18. The Morgan fingerprint density at radius 1 is 1.60 bits per heavy atom. The molecule has 0 radical (unpaired) electrons. The van der Waals surface area contributed by atoms with Crippen molar-refractivity contribution < 1.29 is 14.7 Å². The summed E-state index contributed by atoms with van der Waals surface area (Å²) in [6, 6.07) is -0.572. The molecule has 4 N–H and O–H groups in total. The van der Waals surface area contributed by atoms with Crippen LogP contribution in [0.25, 0.3) is 0 Å². The van der Waals surface area contributed by atoms with Crippen LogP contribution in [0, 0.1) is 6.92 Å². The smallest absolute Gasteiger partial charge is 0.355 e. The van der Waals surface area contributed by atoms with Gasteiger partial charge in [0.1, 0.15) is 6.04 Å².